The zero-order valence-corrected chi connectivity index (χ0v) is 26.0. The maximum absolute atomic E-state index is 13.3. The quantitative estimate of drug-likeness (QED) is 0.246. The van der Waals surface area contributed by atoms with Crippen molar-refractivity contribution in [2.45, 2.75) is 76.7 Å². The van der Waals surface area contributed by atoms with E-state index in [-0.39, 0.29) is 24.3 Å². The molecule has 0 aromatic heterocycles. The summed E-state index contributed by atoms with van der Waals surface area (Å²) in [6.45, 7) is 16.0. The van der Waals surface area contributed by atoms with E-state index >= 15 is 0 Å². The fraction of sp³-hybridized carbons (Fsp3) is 0.704. The van der Waals surface area contributed by atoms with Gasteiger partial charge in [-0.1, -0.05) is 47.7 Å². The maximum Gasteiger partial charge on any atom is 0.411 e. The van der Waals surface area contributed by atoms with E-state index in [2.05, 4.69) is 52.6 Å². The van der Waals surface area contributed by atoms with E-state index in [1.807, 2.05) is 32.9 Å². The van der Waals surface area contributed by atoms with Gasteiger partial charge in [0.25, 0.3) is 0 Å². The Morgan fingerprint density at radius 2 is 1.81 bits per heavy atom. The monoisotopic (exact) mass is 597 g/mol. The molecule has 0 spiro atoms. The number of hydrogen-bond acceptors (Lipinski definition) is 7. The third kappa shape index (κ3) is 9.35. The lowest BCUT2D eigenvalue weighted by atomic mass is 10.1. The van der Waals surface area contributed by atoms with Gasteiger partial charge in [-0.2, -0.15) is 0 Å². The minimum atomic E-state index is -1.20. The highest BCUT2D eigenvalue weighted by molar-refractivity contribution is 9.10. The van der Waals surface area contributed by atoms with Gasteiger partial charge in [-0.25, -0.2) is 4.79 Å². The highest BCUT2D eigenvalue weighted by Gasteiger charge is 2.44. The summed E-state index contributed by atoms with van der Waals surface area (Å²) in [5.74, 6) is 0.865. The number of benzene rings is 1. The fourth-order valence-electron chi connectivity index (χ4n) is 4.40. The van der Waals surface area contributed by atoms with E-state index in [9.17, 15) is 4.79 Å². The molecule has 0 radical (unpaired) electrons. The second kappa shape index (κ2) is 13.1. The summed E-state index contributed by atoms with van der Waals surface area (Å²) in [6.07, 6.45) is 0.196. The van der Waals surface area contributed by atoms with Gasteiger partial charge in [-0.05, 0) is 44.5 Å². The summed E-state index contributed by atoms with van der Waals surface area (Å²) >= 11 is 3.53. The number of aliphatic imine (C=N–C) groups is 1. The maximum atomic E-state index is 13.3. The first-order valence-corrected chi connectivity index (χ1v) is 17.6. The van der Waals surface area contributed by atoms with Crippen molar-refractivity contribution in [3.63, 3.8) is 0 Å². The average molecular weight is 599 g/mol. The molecular formula is C27H44BrN3O5Si. The molecule has 8 nitrogen and oxygen atoms in total. The van der Waals surface area contributed by atoms with Crippen molar-refractivity contribution in [2.24, 2.45) is 4.99 Å². The lowest BCUT2D eigenvalue weighted by Gasteiger charge is -2.31. The molecular weight excluding hydrogens is 554 g/mol. The summed E-state index contributed by atoms with van der Waals surface area (Å²) in [6, 6.07) is 9.11. The molecule has 3 atom stereocenters. The fourth-order valence-corrected chi connectivity index (χ4v) is 5.42. The van der Waals surface area contributed by atoms with Crippen LogP contribution in [0, 0.1) is 0 Å². The number of methoxy groups -OCH3 is 1. The van der Waals surface area contributed by atoms with Gasteiger partial charge in [0, 0.05) is 39.2 Å². The van der Waals surface area contributed by atoms with Crippen molar-refractivity contribution in [2.75, 3.05) is 46.8 Å². The highest BCUT2D eigenvalue weighted by atomic mass is 79.9. The van der Waals surface area contributed by atoms with Crippen LogP contribution in [0.15, 0.2) is 33.7 Å². The molecule has 3 rings (SSSR count). The minimum absolute atomic E-state index is 0.0300. The van der Waals surface area contributed by atoms with Gasteiger partial charge in [0.05, 0.1) is 37.9 Å². The molecule has 0 saturated carbocycles. The van der Waals surface area contributed by atoms with E-state index in [0.717, 1.165) is 28.5 Å². The Labute approximate surface area is 231 Å². The normalized spacial score (nSPS) is 22.5. The molecule has 2 aliphatic heterocycles. The van der Waals surface area contributed by atoms with E-state index < -0.39 is 13.7 Å². The first-order valence-electron chi connectivity index (χ1n) is 13.1. The first-order chi connectivity index (χ1) is 17.4. The summed E-state index contributed by atoms with van der Waals surface area (Å²) in [5, 5.41) is 0. The van der Waals surface area contributed by atoms with Gasteiger partial charge < -0.3 is 23.8 Å². The van der Waals surface area contributed by atoms with Crippen molar-refractivity contribution in [1.82, 2.24) is 9.80 Å². The smallest absolute Gasteiger partial charge is 0.411 e. The number of rotatable bonds is 11. The molecule has 0 bridgehead atoms. The second-order valence-corrected chi connectivity index (χ2v) is 18.5. The standard InChI is InChI=1S/C27H44BrN3O5Si/c1-27(2,3)36-26(32)31-17-22(35-13-12-33-4)16-24(31)25-29-23(20-8-10-21(28)11-9-20)18-30(25)19-34-14-15-37(5,6)7/h8-11,22-24H,12-19H2,1-7H3/t22-,23?,24-/m0/s1. The summed E-state index contributed by atoms with van der Waals surface area (Å²) in [4.78, 5) is 22.4. The number of ether oxygens (including phenoxy) is 4. The van der Waals surface area contributed by atoms with Crippen LogP contribution in [0.4, 0.5) is 4.79 Å². The SMILES string of the molecule is COCCO[C@H]1C[C@@H](C2=NC(c3ccc(Br)cc3)CN2COCC[Si](C)(C)C)N(C(=O)OC(C)(C)C)C1. The molecule has 1 aromatic carbocycles. The number of carbonyl (C=O) groups excluding carboxylic acids is 1. The van der Waals surface area contributed by atoms with Crippen LogP contribution in [0.25, 0.3) is 0 Å². The Morgan fingerprint density at radius 1 is 1.11 bits per heavy atom. The topological polar surface area (TPSA) is 72.8 Å². The van der Waals surface area contributed by atoms with Crippen LogP contribution in [0.5, 0.6) is 0 Å². The molecule has 1 unspecified atom stereocenters. The van der Waals surface area contributed by atoms with Crippen molar-refractivity contribution in [3.05, 3.63) is 34.3 Å². The number of carbonyl (C=O) groups is 1. The minimum Gasteiger partial charge on any atom is -0.444 e. The van der Waals surface area contributed by atoms with E-state index in [1.54, 1.807) is 12.0 Å². The Bertz CT molecular complexity index is 916. The van der Waals surface area contributed by atoms with Crippen LogP contribution in [-0.4, -0.2) is 94.3 Å². The molecule has 0 N–H and O–H groups in total. The lowest BCUT2D eigenvalue weighted by Crippen LogP contribution is -2.48. The summed E-state index contributed by atoms with van der Waals surface area (Å²) < 4.78 is 24.2. The molecule has 0 aliphatic carbocycles. The highest BCUT2D eigenvalue weighted by Crippen LogP contribution is 2.32. The number of amides is 1. The second-order valence-electron chi connectivity index (χ2n) is 12.0. The van der Waals surface area contributed by atoms with Gasteiger partial charge in [0.2, 0.25) is 0 Å². The molecule has 208 valence electrons. The van der Waals surface area contributed by atoms with Crippen molar-refractivity contribution in [1.29, 1.82) is 0 Å². The summed E-state index contributed by atoms with van der Waals surface area (Å²) in [5.41, 5.74) is 0.549. The molecule has 2 aliphatic rings. The molecule has 10 heteroatoms. The Kier molecular flexibility index (Phi) is 10.6. The van der Waals surface area contributed by atoms with Crippen molar-refractivity contribution in [3.8, 4) is 0 Å². The third-order valence-corrected chi connectivity index (χ3v) is 8.57. The van der Waals surface area contributed by atoms with Gasteiger partial charge >= 0.3 is 6.09 Å². The van der Waals surface area contributed by atoms with Gasteiger partial charge in [-0.15, -0.1) is 0 Å². The van der Waals surface area contributed by atoms with Crippen molar-refractivity contribution >= 4 is 35.9 Å². The Morgan fingerprint density at radius 3 is 2.43 bits per heavy atom. The number of hydrogen-bond donors (Lipinski definition) is 0. The van der Waals surface area contributed by atoms with Gasteiger partial charge in [-0.3, -0.25) is 9.89 Å². The summed E-state index contributed by atoms with van der Waals surface area (Å²) in [7, 11) is 0.460. The van der Waals surface area contributed by atoms with Crippen LogP contribution >= 0.6 is 15.9 Å². The Balaban J connectivity index is 1.84. The molecule has 1 fully saturated rings. The number of amidine groups is 1. The predicted octanol–water partition coefficient (Wildman–Crippen LogP) is 5.56. The third-order valence-electron chi connectivity index (χ3n) is 6.33. The number of halogens is 1. The number of likely N-dealkylation sites (tertiary alicyclic amines) is 1. The van der Waals surface area contributed by atoms with E-state index in [0.29, 0.717) is 39.5 Å². The van der Waals surface area contributed by atoms with Crippen LogP contribution in [-0.2, 0) is 18.9 Å². The van der Waals surface area contributed by atoms with E-state index in [4.69, 9.17) is 23.9 Å². The van der Waals surface area contributed by atoms with Crippen LogP contribution in [0.1, 0.15) is 38.8 Å². The predicted molar refractivity (Wildman–Crippen MR) is 153 cm³/mol. The van der Waals surface area contributed by atoms with Crippen LogP contribution in [0.3, 0.4) is 0 Å². The Hall–Kier alpha value is -1.46. The molecule has 2 heterocycles. The van der Waals surface area contributed by atoms with E-state index in [1.165, 1.54) is 0 Å². The van der Waals surface area contributed by atoms with Gasteiger partial charge in [0.1, 0.15) is 18.2 Å². The molecule has 1 saturated heterocycles. The zero-order valence-electron chi connectivity index (χ0n) is 23.5. The van der Waals surface area contributed by atoms with Crippen LogP contribution in [0.2, 0.25) is 25.7 Å². The molecule has 1 amide bonds. The van der Waals surface area contributed by atoms with Crippen LogP contribution < -0.4 is 0 Å². The van der Waals surface area contributed by atoms with Gasteiger partial charge in [0.15, 0.2) is 0 Å². The average Bonchev–Trinajstić information content (AvgIpc) is 3.40. The molecule has 37 heavy (non-hydrogen) atoms. The lowest BCUT2D eigenvalue weighted by molar-refractivity contribution is 0.00974. The largest absolute Gasteiger partial charge is 0.444 e. The first kappa shape index (κ1) is 30.1. The number of nitrogens with zero attached hydrogens (tertiary/aromatic N) is 3. The van der Waals surface area contributed by atoms with Crippen molar-refractivity contribution < 1.29 is 23.7 Å². The molecule has 1 aromatic rings. The zero-order chi connectivity index (χ0) is 27.2.